The molecule has 1 heterocycles. The Labute approximate surface area is 136 Å². The van der Waals surface area contributed by atoms with E-state index < -0.39 is 0 Å². The van der Waals surface area contributed by atoms with Gasteiger partial charge in [-0.05, 0) is 35.4 Å². The molecule has 0 fully saturated rings. The molecule has 0 saturated heterocycles. The molecule has 2 amide bonds. The molecule has 3 aromatic rings. The van der Waals surface area contributed by atoms with Crippen LogP contribution in [0.3, 0.4) is 0 Å². The maximum absolute atomic E-state index is 11.8. The van der Waals surface area contributed by atoms with E-state index in [-0.39, 0.29) is 6.03 Å². The molecule has 3 rings (SSSR count). The fourth-order valence-electron chi connectivity index (χ4n) is 2.14. The summed E-state index contributed by atoms with van der Waals surface area (Å²) in [7, 11) is 0. The van der Waals surface area contributed by atoms with Crippen molar-refractivity contribution in [3.8, 4) is 0 Å². The molecule has 0 spiro atoms. The minimum absolute atomic E-state index is 0.192. The van der Waals surface area contributed by atoms with E-state index in [1.54, 1.807) is 6.26 Å². The van der Waals surface area contributed by atoms with Gasteiger partial charge in [0.15, 0.2) is 0 Å². The Morgan fingerprint density at radius 3 is 2.41 bits per heavy atom. The Bertz CT molecular complexity index is 781. The molecule has 4 nitrogen and oxygen atoms in total. The maximum Gasteiger partial charge on any atom is 0.315 e. The summed E-state index contributed by atoms with van der Waals surface area (Å²) in [4.78, 5) is 11.8. The Balaban J connectivity index is 1.50. The molecule has 112 valence electrons. The van der Waals surface area contributed by atoms with Crippen molar-refractivity contribution < 1.29 is 9.21 Å². The lowest BCUT2D eigenvalue weighted by Gasteiger charge is -2.08. The van der Waals surface area contributed by atoms with Gasteiger partial charge in [0.25, 0.3) is 0 Å². The number of benzene rings is 2. The smallest absolute Gasteiger partial charge is 0.315 e. The van der Waals surface area contributed by atoms with Crippen molar-refractivity contribution in [3.63, 3.8) is 0 Å². The number of hydrogen-bond acceptors (Lipinski definition) is 2. The van der Waals surface area contributed by atoms with E-state index in [0.29, 0.717) is 13.1 Å². The second-order valence-electron chi connectivity index (χ2n) is 4.96. The van der Waals surface area contributed by atoms with Crippen LogP contribution in [-0.2, 0) is 13.1 Å². The van der Waals surface area contributed by atoms with Crippen molar-refractivity contribution in [2.45, 2.75) is 13.1 Å². The summed E-state index contributed by atoms with van der Waals surface area (Å²) in [6, 6.07) is 15.5. The highest BCUT2D eigenvalue weighted by Gasteiger charge is 2.03. The highest BCUT2D eigenvalue weighted by atomic mass is 79.9. The van der Waals surface area contributed by atoms with Crippen LogP contribution in [0.5, 0.6) is 0 Å². The largest absolute Gasteiger partial charge is 0.464 e. The molecule has 0 radical (unpaired) electrons. The van der Waals surface area contributed by atoms with E-state index >= 15 is 0 Å². The third-order valence-corrected chi connectivity index (χ3v) is 3.87. The number of nitrogens with one attached hydrogen (secondary N) is 2. The van der Waals surface area contributed by atoms with Crippen LogP contribution >= 0.6 is 15.9 Å². The summed E-state index contributed by atoms with van der Waals surface area (Å²) in [5.74, 6) is 0. The van der Waals surface area contributed by atoms with Crippen molar-refractivity contribution in [3.05, 3.63) is 70.4 Å². The second-order valence-corrected chi connectivity index (χ2v) is 5.87. The lowest BCUT2D eigenvalue weighted by molar-refractivity contribution is 0.240. The van der Waals surface area contributed by atoms with E-state index in [9.17, 15) is 4.79 Å². The van der Waals surface area contributed by atoms with Gasteiger partial charge in [0.1, 0.15) is 5.58 Å². The van der Waals surface area contributed by atoms with Crippen LogP contribution in [0.15, 0.2) is 63.7 Å². The monoisotopic (exact) mass is 358 g/mol. The van der Waals surface area contributed by atoms with Crippen molar-refractivity contribution in [2.24, 2.45) is 0 Å². The van der Waals surface area contributed by atoms with Crippen LogP contribution in [0.4, 0.5) is 4.79 Å². The standard InChI is InChI=1S/C17H15BrN2O2/c18-15-5-2-12(3-6-15)10-19-17(21)20-11-13-1-4-14-7-8-22-16(14)9-13/h1-9H,10-11H2,(H2,19,20,21). The van der Waals surface area contributed by atoms with Gasteiger partial charge in [0.05, 0.1) is 6.26 Å². The topological polar surface area (TPSA) is 54.3 Å². The van der Waals surface area contributed by atoms with Crippen LogP contribution in [0.2, 0.25) is 0 Å². The van der Waals surface area contributed by atoms with Gasteiger partial charge in [0.2, 0.25) is 0 Å². The van der Waals surface area contributed by atoms with Gasteiger partial charge in [-0.25, -0.2) is 4.79 Å². The van der Waals surface area contributed by atoms with Crippen LogP contribution in [-0.4, -0.2) is 6.03 Å². The summed E-state index contributed by atoms with van der Waals surface area (Å²) in [6.45, 7) is 0.957. The first kappa shape index (κ1) is 14.7. The van der Waals surface area contributed by atoms with Crippen LogP contribution in [0.1, 0.15) is 11.1 Å². The molecule has 0 atom stereocenters. The fraction of sp³-hybridized carbons (Fsp3) is 0.118. The van der Waals surface area contributed by atoms with E-state index in [4.69, 9.17) is 4.42 Å². The average molecular weight is 359 g/mol. The predicted molar refractivity (Wildman–Crippen MR) is 89.4 cm³/mol. The first-order chi connectivity index (χ1) is 10.7. The van der Waals surface area contributed by atoms with Crippen molar-refractivity contribution in [1.29, 1.82) is 0 Å². The van der Waals surface area contributed by atoms with E-state index in [0.717, 1.165) is 26.6 Å². The molecule has 0 bridgehead atoms. The van der Waals surface area contributed by atoms with Crippen molar-refractivity contribution in [1.82, 2.24) is 10.6 Å². The van der Waals surface area contributed by atoms with Crippen LogP contribution in [0, 0.1) is 0 Å². The predicted octanol–water partition coefficient (Wildman–Crippen LogP) is 4.19. The van der Waals surface area contributed by atoms with Crippen LogP contribution < -0.4 is 10.6 Å². The molecule has 0 saturated carbocycles. The summed E-state index contributed by atoms with van der Waals surface area (Å²) in [5, 5.41) is 6.73. The number of carbonyl (C=O) groups excluding carboxylic acids is 1. The summed E-state index contributed by atoms with van der Waals surface area (Å²) in [6.07, 6.45) is 1.66. The second kappa shape index (κ2) is 6.66. The summed E-state index contributed by atoms with van der Waals surface area (Å²) < 4.78 is 6.37. The van der Waals surface area contributed by atoms with Gasteiger partial charge < -0.3 is 15.1 Å². The first-order valence-electron chi connectivity index (χ1n) is 6.93. The van der Waals surface area contributed by atoms with Gasteiger partial charge in [-0.3, -0.25) is 0 Å². The molecule has 0 aliphatic rings. The fourth-order valence-corrected chi connectivity index (χ4v) is 2.40. The highest BCUT2D eigenvalue weighted by Crippen LogP contribution is 2.16. The van der Waals surface area contributed by atoms with Crippen molar-refractivity contribution >= 4 is 32.9 Å². The Morgan fingerprint density at radius 2 is 1.64 bits per heavy atom. The third-order valence-electron chi connectivity index (χ3n) is 3.34. The Kier molecular flexibility index (Phi) is 4.44. The minimum Gasteiger partial charge on any atom is -0.464 e. The Hall–Kier alpha value is -2.27. The summed E-state index contributed by atoms with van der Waals surface area (Å²) >= 11 is 3.38. The Morgan fingerprint density at radius 1 is 0.955 bits per heavy atom. The summed E-state index contributed by atoms with van der Waals surface area (Å²) in [5.41, 5.74) is 2.88. The molecule has 1 aromatic heterocycles. The van der Waals surface area contributed by atoms with Gasteiger partial charge in [-0.2, -0.15) is 0 Å². The van der Waals surface area contributed by atoms with Gasteiger partial charge in [-0.15, -0.1) is 0 Å². The van der Waals surface area contributed by atoms with E-state index in [2.05, 4.69) is 26.6 Å². The zero-order valence-electron chi connectivity index (χ0n) is 11.8. The molecule has 2 aromatic carbocycles. The third kappa shape index (κ3) is 3.68. The lowest BCUT2D eigenvalue weighted by Crippen LogP contribution is -2.34. The number of halogens is 1. The number of rotatable bonds is 4. The normalized spacial score (nSPS) is 10.6. The number of fused-ring (bicyclic) bond motifs is 1. The minimum atomic E-state index is -0.192. The molecule has 0 aliphatic carbocycles. The zero-order valence-corrected chi connectivity index (χ0v) is 13.4. The molecule has 2 N–H and O–H groups in total. The molecule has 5 heteroatoms. The maximum atomic E-state index is 11.8. The molecule has 0 unspecified atom stereocenters. The SMILES string of the molecule is O=C(NCc1ccc(Br)cc1)NCc1ccc2ccoc2c1. The van der Waals surface area contributed by atoms with Gasteiger partial charge in [-0.1, -0.05) is 40.2 Å². The number of amides is 2. The number of furan rings is 1. The van der Waals surface area contributed by atoms with E-state index in [1.165, 1.54) is 0 Å². The molecule has 22 heavy (non-hydrogen) atoms. The number of hydrogen-bond donors (Lipinski definition) is 2. The molecular formula is C17H15BrN2O2. The quantitative estimate of drug-likeness (QED) is 0.734. The van der Waals surface area contributed by atoms with Gasteiger partial charge in [0, 0.05) is 22.9 Å². The highest BCUT2D eigenvalue weighted by molar-refractivity contribution is 9.10. The number of carbonyl (C=O) groups is 1. The van der Waals surface area contributed by atoms with Gasteiger partial charge >= 0.3 is 6.03 Å². The zero-order chi connectivity index (χ0) is 15.4. The van der Waals surface area contributed by atoms with E-state index in [1.807, 2.05) is 48.5 Å². The van der Waals surface area contributed by atoms with Crippen LogP contribution in [0.25, 0.3) is 11.0 Å². The van der Waals surface area contributed by atoms with Crippen molar-refractivity contribution in [2.75, 3.05) is 0 Å². The first-order valence-corrected chi connectivity index (χ1v) is 7.72. The average Bonchev–Trinajstić information content (AvgIpc) is 3.00. The number of urea groups is 1. The molecular weight excluding hydrogens is 344 g/mol. The lowest BCUT2D eigenvalue weighted by atomic mass is 10.2. The molecule has 0 aliphatic heterocycles.